The molecule has 0 unspecified atom stereocenters. The Morgan fingerprint density at radius 2 is 1.52 bits per heavy atom. The van der Waals surface area contributed by atoms with Gasteiger partial charge in [0.1, 0.15) is 5.60 Å². The van der Waals surface area contributed by atoms with E-state index in [0.29, 0.717) is 13.0 Å². The Bertz CT molecular complexity index is 497. The smallest absolute Gasteiger partial charge is 0.410 e. The number of methoxy groups -OCH3 is 2. The van der Waals surface area contributed by atoms with Crippen molar-refractivity contribution in [3.8, 4) is 0 Å². The van der Waals surface area contributed by atoms with Crippen LogP contribution in [0.15, 0.2) is 0 Å². The summed E-state index contributed by atoms with van der Waals surface area (Å²) in [5.41, 5.74) is -0.615. The Labute approximate surface area is 136 Å². The van der Waals surface area contributed by atoms with Crippen molar-refractivity contribution in [1.82, 2.24) is 4.90 Å². The number of esters is 2. The first-order valence-electron chi connectivity index (χ1n) is 7.85. The number of hydrogen-bond acceptors (Lipinski definition) is 6. The van der Waals surface area contributed by atoms with E-state index in [9.17, 15) is 14.4 Å². The lowest BCUT2D eigenvalue weighted by molar-refractivity contribution is -0.173. The molecular weight excluding hydrogens is 302 g/mol. The molecule has 1 amide bonds. The van der Waals surface area contributed by atoms with Gasteiger partial charge >= 0.3 is 18.0 Å². The van der Waals surface area contributed by atoms with Gasteiger partial charge in [-0.3, -0.25) is 9.59 Å². The second-order valence-corrected chi connectivity index (χ2v) is 7.14. The van der Waals surface area contributed by atoms with Gasteiger partial charge in [0.25, 0.3) is 0 Å². The molecule has 2 aliphatic heterocycles. The average Bonchev–Trinajstić information content (AvgIpc) is 2.51. The maximum absolute atomic E-state index is 12.4. The summed E-state index contributed by atoms with van der Waals surface area (Å²) < 4.78 is 15.2. The molecule has 3 fully saturated rings. The molecule has 130 valence electrons. The highest BCUT2D eigenvalue weighted by Gasteiger charge is 2.56. The second kappa shape index (κ2) is 6.37. The standard InChI is InChI=1S/C16H25NO6/c1-16(2,3)23-15(20)17-8-9-6-7-10(17)12(14(19)22-5)11(9)13(18)21-4/h9-12H,6-8H2,1-5H3/t9-,10-,11-,12+/m0/s1. The summed E-state index contributed by atoms with van der Waals surface area (Å²) in [7, 11) is 2.60. The molecule has 0 N–H and O–H groups in total. The fourth-order valence-electron chi connectivity index (χ4n) is 3.66. The van der Waals surface area contributed by atoms with E-state index in [1.165, 1.54) is 14.2 Å². The van der Waals surface area contributed by atoms with Crippen molar-refractivity contribution in [2.24, 2.45) is 17.8 Å². The van der Waals surface area contributed by atoms with Gasteiger partial charge in [-0.15, -0.1) is 0 Å². The largest absolute Gasteiger partial charge is 0.469 e. The summed E-state index contributed by atoms with van der Waals surface area (Å²) >= 11 is 0. The van der Waals surface area contributed by atoms with Gasteiger partial charge in [-0.2, -0.15) is 0 Å². The van der Waals surface area contributed by atoms with Crippen LogP contribution in [0, 0.1) is 17.8 Å². The van der Waals surface area contributed by atoms with E-state index in [1.807, 2.05) is 0 Å². The van der Waals surface area contributed by atoms with E-state index in [-0.39, 0.29) is 5.92 Å². The topological polar surface area (TPSA) is 82.1 Å². The molecular formula is C16H25NO6. The van der Waals surface area contributed by atoms with Crippen molar-refractivity contribution < 1.29 is 28.6 Å². The molecule has 0 aromatic carbocycles. The molecule has 3 rings (SSSR count). The van der Waals surface area contributed by atoms with Crippen LogP contribution in [0.1, 0.15) is 33.6 Å². The summed E-state index contributed by atoms with van der Waals surface area (Å²) in [4.78, 5) is 38.4. The Balaban J connectivity index is 2.27. The molecule has 3 aliphatic rings. The number of nitrogens with zero attached hydrogens (tertiary/aromatic N) is 1. The first-order valence-corrected chi connectivity index (χ1v) is 7.85. The van der Waals surface area contributed by atoms with Crippen LogP contribution in [-0.2, 0) is 23.8 Å². The number of ether oxygens (including phenoxy) is 3. The Morgan fingerprint density at radius 3 is 2.04 bits per heavy atom. The summed E-state index contributed by atoms with van der Waals surface area (Å²) in [5.74, 6) is -2.29. The van der Waals surface area contributed by atoms with Crippen LogP contribution in [0.4, 0.5) is 4.79 Å². The third-order valence-corrected chi connectivity index (χ3v) is 4.55. The van der Waals surface area contributed by atoms with Crippen LogP contribution in [0.3, 0.4) is 0 Å². The van der Waals surface area contributed by atoms with E-state index >= 15 is 0 Å². The van der Waals surface area contributed by atoms with Crippen LogP contribution >= 0.6 is 0 Å². The molecule has 0 spiro atoms. The molecule has 2 bridgehead atoms. The lowest BCUT2D eigenvalue weighted by atomic mass is 9.65. The Morgan fingerprint density at radius 1 is 0.957 bits per heavy atom. The van der Waals surface area contributed by atoms with Crippen LogP contribution in [0.5, 0.6) is 0 Å². The summed E-state index contributed by atoms with van der Waals surface area (Å²) in [5, 5.41) is 0. The van der Waals surface area contributed by atoms with Gasteiger partial charge < -0.3 is 19.1 Å². The minimum absolute atomic E-state index is 0.121. The third kappa shape index (κ3) is 3.43. The molecule has 7 nitrogen and oxygen atoms in total. The molecule has 0 aromatic rings. The van der Waals surface area contributed by atoms with Crippen molar-refractivity contribution in [1.29, 1.82) is 0 Å². The minimum atomic E-state index is -0.701. The maximum Gasteiger partial charge on any atom is 0.410 e. The first kappa shape index (κ1) is 17.6. The van der Waals surface area contributed by atoms with E-state index in [1.54, 1.807) is 25.7 Å². The van der Waals surface area contributed by atoms with Gasteiger partial charge in [-0.05, 0) is 39.5 Å². The van der Waals surface area contributed by atoms with E-state index < -0.39 is 41.5 Å². The normalized spacial score (nSPS) is 29.9. The number of rotatable bonds is 2. The van der Waals surface area contributed by atoms with Crippen molar-refractivity contribution in [2.75, 3.05) is 20.8 Å². The lowest BCUT2D eigenvalue weighted by Crippen LogP contribution is -2.63. The number of piperidine rings is 2. The monoisotopic (exact) mass is 327 g/mol. The predicted molar refractivity (Wildman–Crippen MR) is 80.5 cm³/mol. The van der Waals surface area contributed by atoms with Crippen LogP contribution < -0.4 is 0 Å². The zero-order valence-corrected chi connectivity index (χ0v) is 14.3. The molecule has 2 saturated heterocycles. The van der Waals surface area contributed by atoms with Crippen molar-refractivity contribution in [2.45, 2.75) is 45.3 Å². The fraction of sp³-hybridized carbons (Fsp3) is 0.812. The highest BCUT2D eigenvalue weighted by atomic mass is 16.6. The van der Waals surface area contributed by atoms with E-state index in [0.717, 1.165) is 6.42 Å². The second-order valence-electron chi connectivity index (χ2n) is 7.14. The van der Waals surface area contributed by atoms with E-state index in [4.69, 9.17) is 14.2 Å². The number of carbonyl (C=O) groups is 3. The Kier molecular flexibility index (Phi) is 4.87. The quantitative estimate of drug-likeness (QED) is 0.566. The van der Waals surface area contributed by atoms with Crippen LogP contribution in [-0.4, -0.2) is 55.3 Å². The van der Waals surface area contributed by atoms with Gasteiger partial charge in [0.05, 0.1) is 26.1 Å². The summed E-state index contributed by atoms with van der Waals surface area (Å²) in [6.45, 7) is 5.78. The van der Waals surface area contributed by atoms with Crippen LogP contribution in [0.25, 0.3) is 0 Å². The number of amides is 1. The average molecular weight is 327 g/mol. The molecule has 2 heterocycles. The molecule has 0 aromatic heterocycles. The number of carbonyl (C=O) groups excluding carboxylic acids is 3. The summed E-state index contributed by atoms with van der Waals surface area (Å²) in [6.07, 6.45) is 0.971. The van der Waals surface area contributed by atoms with Gasteiger partial charge in [0.15, 0.2) is 0 Å². The highest BCUT2D eigenvalue weighted by Crippen LogP contribution is 2.45. The number of hydrogen-bond donors (Lipinski definition) is 0. The third-order valence-electron chi connectivity index (χ3n) is 4.55. The zero-order valence-electron chi connectivity index (χ0n) is 14.3. The molecule has 23 heavy (non-hydrogen) atoms. The molecule has 1 saturated carbocycles. The molecule has 7 heteroatoms. The van der Waals surface area contributed by atoms with Crippen LogP contribution in [0.2, 0.25) is 0 Å². The van der Waals surface area contributed by atoms with Gasteiger partial charge in [-0.1, -0.05) is 0 Å². The lowest BCUT2D eigenvalue weighted by Gasteiger charge is -2.51. The zero-order chi connectivity index (χ0) is 17.4. The van der Waals surface area contributed by atoms with Crippen molar-refractivity contribution in [3.63, 3.8) is 0 Å². The molecule has 0 radical (unpaired) electrons. The SMILES string of the molecule is COC(=O)[C@H]1[C@H]2CC[C@@H]([C@H]1C(=O)OC)N(C(=O)OC(C)(C)C)C2. The maximum atomic E-state index is 12.4. The Hall–Kier alpha value is -1.79. The first-order chi connectivity index (χ1) is 10.7. The van der Waals surface area contributed by atoms with Crippen molar-refractivity contribution in [3.05, 3.63) is 0 Å². The predicted octanol–water partition coefficient (Wildman–Crippen LogP) is 1.59. The van der Waals surface area contributed by atoms with E-state index in [2.05, 4.69) is 0 Å². The molecule has 4 atom stereocenters. The molecule has 1 aliphatic carbocycles. The van der Waals surface area contributed by atoms with Gasteiger partial charge in [0.2, 0.25) is 0 Å². The highest BCUT2D eigenvalue weighted by molar-refractivity contribution is 5.84. The fourth-order valence-corrected chi connectivity index (χ4v) is 3.66. The van der Waals surface area contributed by atoms with Gasteiger partial charge in [0, 0.05) is 12.6 Å². The summed E-state index contributed by atoms with van der Waals surface area (Å²) in [6, 6.07) is -0.397. The minimum Gasteiger partial charge on any atom is -0.469 e. The van der Waals surface area contributed by atoms with Gasteiger partial charge in [-0.25, -0.2) is 4.79 Å². The van der Waals surface area contributed by atoms with Crippen molar-refractivity contribution >= 4 is 18.0 Å². The number of fused-ring (bicyclic) bond motifs is 3.